The van der Waals surface area contributed by atoms with Crippen LogP contribution in [0.15, 0.2) is 72.1 Å². The molecular weight excluding hydrogens is 488 g/mol. The number of carbonyl (C=O) groups excluding carboxylic acids is 1. The minimum atomic E-state index is -4.18. The van der Waals surface area contributed by atoms with Crippen LogP contribution in [0.3, 0.4) is 0 Å². The number of aromatic amines is 1. The average molecular weight is 508 g/mol. The van der Waals surface area contributed by atoms with Gasteiger partial charge < -0.3 is 4.98 Å². The van der Waals surface area contributed by atoms with Crippen LogP contribution in [0.5, 0.6) is 0 Å². The zero-order chi connectivity index (χ0) is 25.6. The van der Waals surface area contributed by atoms with E-state index in [2.05, 4.69) is 19.8 Å². The number of halogens is 2. The van der Waals surface area contributed by atoms with Gasteiger partial charge in [-0.15, -0.1) is 0 Å². The van der Waals surface area contributed by atoms with Crippen molar-refractivity contribution in [3.8, 4) is 11.1 Å². The molecule has 36 heavy (non-hydrogen) atoms. The molecule has 0 fully saturated rings. The summed E-state index contributed by atoms with van der Waals surface area (Å²) in [7, 11) is -2.42. The van der Waals surface area contributed by atoms with E-state index in [1.54, 1.807) is 55.4 Å². The Balaban J connectivity index is 1.54. The van der Waals surface area contributed by atoms with Gasteiger partial charge >= 0.3 is 0 Å². The standard InChI is InChI=1S/C25H19F2N5O3S/c1-14-3-5-17(6-4-14)36(34,35)31-21-8-7-20(26)22(23(21)27)24(33)19-12-29-25-18(19)9-15(10-28-25)16-11-30-32(2)13-16/h3-13,31H,1-2H3,(H,28,29). The van der Waals surface area contributed by atoms with E-state index < -0.39 is 38.7 Å². The zero-order valence-electron chi connectivity index (χ0n) is 19.1. The molecule has 0 spiro atoms. The van der Waals surface area contributed by atoms with Crippen LogP contribution >= 0.6 is 0 Å². The van der Waals surface area contributed by atoms with Crippen molar-refractivity contribution in [2.75, 3.05) is 4.72 Å². The Kier molecular flexibility index (Phi) is 5.64. The number of aromatic nitrogens is 4. The van der Waals surface area contributed by atoms with Gasteiger partial charge in [0.05, 0.1) is 22.3 Å². The third kappa shape index (κ3) is 4.13. The molecule has 3 aromatic heterocycles. The predicted molar refractivity (Wildman–Crippen MR) is 130 cm³/mol. The number of H-pyrrole nitrogens is 1. The Bertz CT molecular complexity index is 1740. The van der Waals surface area contributed by atoms with Crippen molar-refractivity contribution in [2.24, 2.45) is 7.05 Å². The number of fused-ring (bicyclic) bond motifs is 1. The lowest BCUT2D eigenvalue weighted by atomic mass is 10.0. The molecule has 8 nitrogen and oxygen atoms in total. The Hall–Kier alpha value is -4.38. The summed E-state index contributed by atoms with van der Waals surface area (Å²) in [6.45, 7) is 1.79. The highest BCUT2D eigenvalue weighted by molar-refractivity contribution is 7.92. The first-order valence-electron chi connectivity index (χ1n) is 10.7. The molecule has 2 aromatic carbocycles. The number of carbonyl (C=O) groups is 1. The molecule has 0 bridgehead atoms. The van der Waals surface area contributed by atoms with Crippen LogP contribution in [0, 0.1) is 18.6 Å². The third-order valence-corrected chi connectivity index (χ3v) is 7.09. The van der Waals surface area contributed by atoms with Crippen molar-refractivity contribution in [2.45, 2.75) is 11.8 Å². The number of pyridine rings is 1. The van der Waals surface area contributed by atoms with Crippen molar-refractivity contribution in [3.63, 3.8) is 0 Å². The highest BCUT2D eigenvalue weighted by Crippen LogP contribution is 2.30. The number of anilines is 1. The van der Waals surface area contributed by atoms with Crippen molar-refractivity contribution in [1.29, 1.82) is 0 Å². The molecule has 0 aliphatic heterocycles. The number of rotatable bonds is 6. The molecule has 0 aliphatic carbocycles. The van der Waals surface area contributed by atoms with Crippen molar-refractivity contribution in [1.82, 2.24) is 19.7 Å². The predicted octanol–water partition coefficient (Wildman–Crippen LogP) is 4.58. The van der Waals surface area contributed by atoms with Crippen LogP contribution in [0.1, 0.15) is 21.5 Å². The summed E-state index contributed by atoms with van der Waals surface area (Å²) in [4.78, 5) is 20.3. The smallest absolute Gasteiger partial charge is 0.261 e. The topological polar surface area (TPSA) is 110 Å². The van der Waals surface area contributed by atoms with E-state index in [9.17, 15) is 17.6 Å². The van der Waals surface area contributed by atoms with Gasteiger partial charge in [-0.05, 0) is 37.3 Å². The van der Waals surface area contributed by atoms with E-state index in [1.807, 2.05) is 0 Å². The quantitative estimate of drug-likeness (QED) is 0.327. The summed E-state index contributed by atoms with van der Waals surface area (Å²) < 4.78 is 59.3. The fourth-order valence-electron chi connectivity index (χ4n) is 3.81. The molecular formula is C25H19F2N5O3S. The van der Waals surface area contributed by atoms with Gasteiger partial charge in [0.2, 0.25) is 5.78 Å². The van der Waals surface area contributed by atoms with Crippen LogP contribution in [0.2, 0.25) is 0 Å². The normalized spacial score (nSPS) is 11.7. The minimum absolute atomic E-state index is 0.0143. The number of ketones is 1. The molecule has 2 N–H and O–H groups in total. The fourth-order valence-corrected chi connectivity index (χ4v) is 4.87. The van der Waals surface area contributed by atoms with E-state index >= 15 is 4.39 Å². The van der Waals surface area contributed by atoms with Gasteiger partial charge in [0.25, 0.3) is 10.0 Å². The largest absolute Gasteiger partial charge is 0.345 e. The zero-order valence-corrected chi connectivity index (χ0v) is 19.9. The van der Waals surface area contributed by atoms with Crippen molar-refractivity contribution >= 4 is 32.5 Å². The molecule has 0 aliphatic rings. The first-order valence-corrected chi connectivity index (χ1v) is 12.2. The first kappa shape index (κ1) is 23.4. The SMILES string of the molecule is Cc1ccc(S(=O)(=O)Nc2ccc(F)c(C(=O)c3c[nH]c4ncc(-c5cnn(C)c5)cc34)c2F)cc1. The summed E-state index contributed by atoms with van der Waals surface area (Å²) in [5.74, 6) is -3.40. The van der Waals surface area contributed by atoms with Crippen LogP contribution in [-0.4, -0.2) is 33.9 Å². The van der Waals surface area contributed by atoms with E-state index in [-0.39, 0.29) is 10.5 Å². The fraction of sp³-hybridized carbons (Fsp3) is 0.0800. The Morgan fingerprint density at radius 3 is 2.50 bits per heavy atom. The molecule has 182 valence electrons. The lowest BCUT2D eigenvalue weighted by Gasteiger charge is -2.12. The van der Waals surface area contributed by atoms with Gasteiger partial charge in [-0.1, -0.05) is 17.7 Å². The van der Waals surface area contributed by atoms with E-state index in [0.29, 0.717) is 16.6 Å². The summed E-state index contributed by atoms with van der Waals surface area (Å²) in [6, 6.07) is 9.36. The maximum atomic E-state index is 15.4. The number of aryl methyl sites for hydroxylation is 2. The van der Waals surface area contributed by atoms with E-state index in [4.69, 9.17) is 0 Å². The molecule has 11 heteroatoms. The Morgan fingerprint density at radius 2 is 1.81 bits per heavy atom. The lowest BCUT2D eigenvalue weighted by Crippen LogP contribution is -2.16. The molecule has 0 amide bonds. The van der Waals surface area contributed by atoms with E-state index in [0.717, 1.165) is 23.3 Å². The molecule has 3 heterocycles. The highest BCUT2D eigenvalue weighted by Gasteiger charge is 2.26. The van der Waals surface area contributed by atoms with Crippen LogP contribution < -0.4 is 4.72 Å². The number of nitrogens with one attached hydrogen (secondary N) is 2. The summed E-state index contributed by atoms with van der Waals surface area (Å²) in [6.07, 6.45) is 6.29. The monoisotopic (exact) mass is 507 g/mol. The lowest BCUT2D eigenvalue weighted by molar-refractivity contribution is 0.103. The maximum Gasteiger partial charge on any atom is 0.261 e. The van der Waals surface area contributed by atoms with Gasteiger partial charge in [0.15, 0.2) is 5.82 Å². The van der Waals surface area contributed by atoms with Crippen molar-refractivity contribution in [3.05, 3.63) is 95.6 Å². The maximum absolute atomic E-state index is 15.4. The van der Waals surface area contributed by atoms with Crippen molar-refractivity contribution < 1.29 is 22.0 Å². The molecule has 0 unspecified atom stereocenters. The number of benzene rings is 2. The van der Waals surface area contributed by atoms with Crippen LogP contribution in [-0.2, 0) is 17.1 Å². The van der Waals surface area contributed by atoms with Gasteiger partial charge in [0, 0.05) is 47.7 Å². The van der Waals surface area contributed by atoms with Gasteiger partial charge in [-0.3, -0.25) is 14.2 Å². The Morgan fingerprint density at radius 1 is 1.06 bits per heavy atom. The number of hydrogen-bond acceptors (Lipinski definition) is 5. The molecule has 0 saturated heterocycles. The number of sulfonamides is 1. The highest BCUT2D eigenvalue weighted by atomic mass is 32.2. The molecule has 0 saturated carbocycles. The number of nitrogens with zero attached hydrogens (tertiary/aromatic N) is 3. The van der Waals surface area contributed by atoms with E-state index in [1.165, 1.54) is 18.3 Å². The minimum Gasteiger partial charge on any atom is -0.345 e. The molecule has 5 aromatic rings. The Labute approximate surface area is 204 Å². The van der Waals surface area contributed by atoms with Crippen LogP contribution in [0.25, 0.3) is 22.2 Å². The molecule has 5 rings (SSSR count). The second kappa shape index (κ2) is 8.68. The average Bonchev–Trinajstić information content (AvgIpc) is 3.47. The van der Waals surface area contributed by atoms with Crippen LogP contribution in [0.4, 0.5) is 14.5 Å². The summed E-state index contributed by atoms with van der Waals surface area (Å²) in [5.41, 5.74) is 1.15. The number of hydrogen-bond donors (Lipinski definition) is 2. The first-order chi connectivity index (χ1) is 17.1. The molecule has 0 radical (unpaired) electrons. The van der Waals surface area contributed by atoms with Gasteiger partial charge in [-0.2, -0.15) is 5.10 Å². The van der Waals surface area contributed by atoms with Gasteiger partial charge in [0.1, 0.15) is 11.5 Å². The van der Waals surface area contributed by atoms with Gasteiger partial charge in [-0.25, -0.2) is 22.2 Å². The second-order valence-corrected chi connectivity index (χ2v) is 9.94. The third-order valence-electron chi connectivity index (χ3n) is 5.71. The molecule has 0 atom stereocenters. The summed E-state index contributed by atoms with van der Waals surface area (Å²) >= 11 is 0. The second-order valence-electron chi connectivity index (χ2n) is 8.26. The summed E-state index contributed by atoms with van der Waals surface area (Å²) in [5, 5.41) is 4.47.